The summed E-state index contributed by atoms with van der Waals surface area (Å²) in [6.45, 7) is 9.63. The number of amides is 2. The van der Waals surface area contributed by atoms with Crippen molar-refractivity contribution in [2.75, 3.05) is 13.2 Å². The van der Waals surface area contributed by atoms with E-state index in [9.17, 15) is 19.8 Å². The molecule has 2 aliphatic rings. The van der Waals surface area contributed by atoms with Crippen molar-refractivity contribution in [1.82, 2.24) is 10.2 Å². The maximum Gasteiger partial charge on any atom is 0.408 e. The summed E-state index contributed by atoms with van der Waals surface area (Å²) in [6, 6.07) is -1.30. The highest BCUT2D eigenvalue weighted by molar-refractivity contribution is 5.86. The number of aliphatic hydroxyl groups excluding tert-OH is 2. The average Bonchev–Trinajstić information content (AvgIpc) is 3.11. The number of alkyl carbamates (subject to hydrolysis) is 1. The van der Waals surface area contributed by atoms with Gasteiger partial charge in [-0.05, 0) is 45.4 Å². The number of aliphatic hydroxyl groups is 2. The third kappa shape index (κ3) is 4.92. The standard InChI is InChI=1S/C19H34N2O6/c1-6-26-18(24)16-12-7-8-14(22)13(12)9-21(16)17(23)15(10(2)3)20-19(25)27-11(4)5/h10-16,18,22,24H,6-9H2,1-5H3,(H,20,25)/t12-,13-,14?,15-,16-,18?/m0/s1. The van der Waals surface area contributed by atoms with Gasteiger partial charge < -0.3 is 29.9 Å². The number of nitrogens with one attached hydrogen (secondary N) is 1. The van der Waals surface area contributed by atoms with Crippen molar-refractivity contribution in [2.24, 2.45) is 17.8 Å². The van der Waals surface area contributed by atoms with Gasteiger partial charge in [0.05, 0.1) is 18.2 Å². The molecule has 2 amide bonds. The van der Waals surface area contributed by atoms with Crippen LogP contribution >= 0.6 is 0 Å². The highest BCUT2D eigenvalue weighted by atomic mass is 16.6. The van der Waals surface area contributed by atoms with Crippen LogP contribution in [-0.4, -0.2) is 70.8 Å². The fourth-order valence-corrected chi connectivity index (χ4v) is 4.28. The minimum Gasteiger partial charge on any atom is -0.447 e. The highest BCUT2D eigenvalue weighted by Gasteiger charge is 2.53. The Morgan fingerprint density at radius 1 is 1.19 bits per heavy atom. The molecule has 2 unspecified atom stereocenters. The van der Waals surface area contributed by atoms with E-state index in [0.29, 0.717) is 19.6 Å². The monoisotopic (exact) mass is 386 g/mol. The highest BCUT2D eigenvalue weighted by Crippen LogP contribution is 2.44. The van der Waals surface area contributed by atoms with Crippen molar-refractivity contribution >= 4 is 12.0 Å². The minimum atomic E-state index is -1.12. The third-order valence-corrected chi connectivity index (χ3v) is 5.51. The topological polar surface area (TPSA) is 108 Å². The third-order valence-electron chi connectivity index (χ3n) is 5.51. The Bertz CT molecular complexity index is 526. The van der Waals surface area contributed by atoms with Crippen molar-refractivity contribution < 1.29 is 29.3 Å². The number of nitrogens with zero attached hydrogens (tertiary/aromatic N) is 1. The number of ether oxygens (including phenoxy) is 2. The first-order valence-electron chi connectivity index (χ1n) is 9.92. The van der Waals surface area contributed by atoms with E-state index in [1.54, 1.807) is 25.7 Å². The zero-order valence-electron chi connectivity index (χ0n) is 16.9. The molecular formula is C19H34N2O6. The molecule has 2 rings (SSSR count). The summed E-state index contributed by atoms with van der Waals surface area (Å²) in [4.78, 5) is 26.9. The Labute approximate surface area is 161 Å². The molecule has 156 valence electrons. The van der Waals surface area contributed by atoms with Crippen LogP contribution in [0.4, 0.5) is 4.79 Å². The quantitative estimate of drug-likeness (QED) is 0.566. The van der Waals surface area contributed by atoms with E-state index < -0.39 is 30.6 Å². The molecule has 0 spiro atoms. The lowest BCUT2D eigenvalue weighted by atomic mass is 9.92. The van der Waals surface area contributed by atoms with Crippen molar-refractivity contribution in [1.29, 1.82) is 0 Å². The summed E-state index contributed by atoms with van der Waals surface area (Å²) >= 11 is 0. The van der Waals surface area contributed by atoms with Gasteiger partial charge in [-0.15, -0.1) is 0 Å². The summed E-state index contributed by atoms with van der Waals surface area (Å²) in [5.74, 6) is -0.533. The van der Waals surface area contributed by atoms with Crippen LogP contribution in [-0.2, 0) is 14.3 Å². The second kappa shape index (κ2) is 9.21. The molecule has 3 N–H and O–H groups in total. The van der Waals surface area contributed by atoms with Crippen LogP contribution in [0.15, 0.2) is 0 Å². The Morgan fingerprint density at radius 3 is 2.41 bits per heavy atom. The van der Waals surface area contributed by atoms with Gasteiger partial charge in [0, 0.05) is 19.1 Å². The van der Waals surface area contributed by atoms with Crippen LogP contribution in [0.2, 0.25) is 0 Å². The number of hydrogen-bond donors (Lipinski definition) is 3. The van der Waals surface area contributed by atoms with Gasteiger partial charge in [0.15, 0.2) is 6.29 Å². The fraction of sp³-hybridized carbons (Fsp3) is 0.895. The van der Waals surface area contributed by atoms with Crippen LogP contribution in [0.5, 0.6) is 0 Å². The maximum absolute atomic E-state index is 13.3. The second-order valence-electron chi connectivity index (χ2n) is 8.12. The Hall–Kier alpha value is -1.38. The smallest absolute Gasteiger partial charge is 0.408 e. The lowest BCUT2D eigenvalue weighted by molar-refractivity contribution is -0.161. The number of carbonyl (C=O) groups is 2. The van der Waals surface area contributed by atoms with Crippen LogP contribution < -0.4 is 5.32 Å². The predicted molar refractivity (Wildman–Crippen MR) is 98.7 cm³/mol. The zero-order chi connectivity index (χ0) is 20.3. The van der Waals surface area contributed by atoms with E-state index in [0.717, 1.165) is 6.42 Å². The summed E-state index contributed by atoms with van der Waals surface area (Å²) in [6.07, 6.45) is -1.13. The van der Waals surface area contributed by atoms with Crippen LogP contribution in [0.3, 0.4) is 0 Å². The molecule has 1 saturated carbocycles. The molecule has 1 heterocycles. The fourth-order valence-electron chi connectivity index (χ4n) is 4.28. The first-order chi connectivity index (χ1) is 12.7. The number of fused-ring (bicyclic) bond motifs is 1. The second-order valence-corrected chi connectivity index (χ2v) is 8.12. The van der Waals surface area contributed by atoms with Gasteiger partial charge in [-0.25, -0.2) is 4.79 Å². The normalized spacial score (nSPS) is 29.7. The van der Waals surface area contributed by atoms with Gasteiger partial charge in [0.2, 0.25) is 5.91 Å². The predicted octanol–water partition coefficient (Wildman–Crippen LogP) is 1.10. The van der Waals surface area contributed by atoms with E-state index in [-0.39, 0.29) is 29.8 Å². The van der Waals surface area contributed by atoms with E-state index in [1.165, 1.54) is 0 Å². The summed E-state index contributed by atoms with van der Waals surface area (Å²) in [5.41, 5.74) is 0. The molecule has 0 bridgehead atoms. The van der Waals surface area contributed by atoms with Gasteiger partial charge in [-0.2, -0.15) is 0 Å². The molecule has 1 aliphatic heterocycles. The number of hydrogen-bond acceptors (Lipinski definition) is 6. The minimum absolute atomic E-state index is 0.0130. The lowest BCUT2D eigenvalue weighted by Crippen LogP contribution is -2.56. The van der Waals surface area contributed by atoms with Gasteiger partial charge in [-0.3, -0.25) is 4.79 Å². The Kier molecular flexibility index (Phi) is 7.47. The van der Waals surface area contributed by atoms with Crippen molar-refractivity contribution in [2.45, 2.75) is 78.0 Å². The van der Waals surface area contributed by atoms with E-state index in [2.05, 4.69) is 5.32 Å². The molecule has 1 aliphatic carbocycles. The van der Waals surface area contributed by atoms with Gasteiger partial charge in [0.1, 0.15) is 6.04 Å². The van der Waals surface area contributed by atoms with Gasteiger partial charge in [-0.1, -0.05) is 13.8 Å². The molecule has 8 nitrogen and oxygen atoms in total. The van der Waals surface area contributed by atoms with Crippen LogP contribution in [0, 0.1) is 17.8 Å². The molecular weight excluding hydrogens is 352 g/mol. The zero-order valence-corrected chi connectivity index (χ0v) is 16.9. The average molecular weight is 386 g/mol. The summed E-state index contributed by atoms with van der Waals surface area (Å²) < 4.78 is 10.5. The van der Waals surface area contributed by atoms with Crippen LogP contribution in [0.25, 0.3) is 0 Å². The SMILES string of the molecule is CCOC(O)[C@@H]1[C@H]2CCC(O)[C@H]2CN1C(=O)[C@@H](NC(=O)OC(C)C)C(C)C. The van der Waals surface area contributed by atoms with Crippen molar-refractivity contribution in [3.05, 3.63) is 0 Å². The molecule has 6 atom stereocenters. The summed E-state index contributed by atoms with van der Waals surface area (Å²) in [7, 11) is 0. The Balaban J connectivity index is 2.20. The van der Waals surface area contributed by atoms with Gasteiger partial charge in [0.25, 0.3) is 0 Å². The molecule has 8 heteroatoms. The van der Waals surface area contributed by atoms with Gasteiger partial charge >= 0.3 is 6.09 Å². The van der Waals surface area contributed by atoms with Crippen LogP contribution in [0.1, 0.15) is 47.5 Å². The largest absolute Gasteiger partial charge is 0.447 e. The number of rotatable bonds is 7. The van der Waals surface area contributed by atoms with Crippen molar-refractivity contribution in [3.63, 3.8) is 0 Å². The van der Waals surface area contributed by atoms with Crippen molar-refractivity contribution in [3.8, 4) is 0 Å². The molecule has 0 aromatic carbocycles. The summed E-state index contributed by atoms with van der Waals surface area (Å²) in [5, 5.41) is 23.4. The molecule has 0 radical (unpaired) electrons. The molecule has 2 fully saturated rings. The molecule has 0 aromatic heterocycles. The number of likely N-dealkylation sites (tertiary alicyclic amines) is 1. The Morgan fingerprint density at radius 2 is 1.85 bits per heavy atom. The van der Waals surface area contributed by atoms with E-state index in [4.69, 9.17) is 9.47 Å². The van der Waals surface area contributed by atoms with E-state index >= 15 is 0 Å². The molecule has 27 heavy (non-hydrogen) atoms. The molecule has 0 aromatic rings. The number of carbonyl (C=O) groups excluding carboxylic acids is 2. The lowest BCUT2D eigenvalue weighted by Gasteiger charge is -2.34. The molecule has 1 saturated heterocycles. The van der Waals surface area contributed by atoms with E-state index in [1.807, 2.05) is 13.8 Å². The first-order valence-corrected chi connectivity index (χ1v) is 9.92. The first kappa shape index (κ1) is 21.9. The maximum atomic E-state index is 13.3.